The summed E-state index contributed by atoms with van der Waals surface area (Å²) in [6, 6.07) is 0. The van der Waals surface area contributed by atoms with Crippen LogP contribution in [0, 0.1) is 0 Å². The van der Waals surface area contributed by atoms with Crippen molar-refractivity contribution in [2.75, 3.05) is 13.6 Å². The van der Waals surface area contributed by atoms with Crippen LogP contribution in [0.2, 0.25) is 0 Å². The van der Waals surface area contributed by atoms with Crippen LogP contribution in [0.15, 0.2) is 28.9 Å². The molecular weight excluding hydrogens is 164 g/mol. The van der Waals surface area contributed by atoms with Gasteiger partial charge >= 0.3 is 0 Å². The summed E-state index contributed by atoms with van der Waals surface area (Å²) in [7, 11) is 1.99. The zero-order chi connectivity index (χ0) is 9.68. The van der Waals surface area contributed by atoms with Gasteiger partial charge in [-0.25, -0.2) is 4.99 Å². The predicted molar refractivity (Wildman–Crippen MR) is 54.6 cm³/mol. The third kappa shape index (κ3) is 3.90. The van der Waals surface area contributed by atoms with Gasteiger partial charge in [-0.05, 0) is 18.9 Å². The van der Waals surface area contributed by atoms with Crippen molar-refractivity contribution < 1.29 is 5.11 Å². The summed E-state index contributed by atoms with van der Waals surface area (Å²) < 4.78 is 0. The summed E-state index contributed by atoms with van der Waals surface area (Å²) in [5, 5.41) is 9.02. The van der Waals surface area contributed by atoms with E-state index in [0.717, 1.165) is 6.54 Å². The molecule has 13 heavy (non-hydrogen) atoms. The lowest BCUT2D eigenvalue weighted by molar-refractivity contribution is 0.198. The molecule has 0 spiro atoms. The summed E-state index contributed by atoms with van der Waals surface area (Å²) in [6.45, 7) is 2.67. The number of aliphatic hydroxyl groups excluding tert-OH is 1. The molecule has 1 N–H and O–H groups in total. The third-order valence-electron chi connectivity index (χ3n) is 1.75. The highest BCUT2D eigenvalue weighted by molar-refractivity contribution is 5.58. The molecule has 1 unspecified atom stereocenters. The molecule has 0 aromatic rings. The minimum Gasteiger partial charge on any atom is -0.393 e. The van der Waals surface area contributed by atoms with Crippen molar-refractivity contribution in [3.05, 3.63) is 23.9 Å². The second-order valence-corrected chi connectivity index (χ2v) is 3.37. The summed E-state index contributed by atoms with van der Waals surface area (Å²) in [6.07, 6.45) is 8.07. The summed E-state index contributed by atoms with van der Waals surface area (Å²) in [5.41, 5.74) is 1.17. The zero-order valence-corrected chi connectivity index (χ0v) is 8.14. The Balaban J connectivity index is 2.40. The van der Waals surface area contributed by atoms with Crippen LogP contribution in [-0.2, 0) is 0 Å². The molecule has 0 saturated heterocycles. The van der Waals surface area contributed by atoms with E-state index in [9.17, 15) is 0 Å². The molecule has 0 saturated carbocycles. The first-order valence-electron chi connectivity index (χ1n) is 4.45. The van der Waals surface area contributed by atoms with E-state index in [1.54, 1.807) is 13.3 Å². The standard InChI is InChI=1S/C10H16N2O/c1-9(13)4-3-5-10-6-11-8-12(2)7-10/h3,5-6,8-9,13H,4,7H2,1-2H3/b5-3+. The summed E-state index contributed by atoms with van der Waals surface area (Å²) >= 11 is 0. The van der Waals surface area contributed by atoms with Gasteiger partial charge < -0.3 is 10.0 Å². The summed E-state index contributed by atoms with van der Waals surface area (Å²) in [5.74, 6) is 0. The second-order valence-electron chi connectivity index (χ2n) is 3.37. The Bertz CT molecular complexity index is 241. The number of hydrogen-bond donors (Lipinski definition) is 1. The van der Waals surface area contributed by atoms with Crippen LogP contribution in [0.25, 0.3) is 0 Å². The normalized spacial score (nSPS) is 19.3. The highest BCUT2D eigenvalue weighted by atomic mass is 16.3. The molecular formula is C10H16N2O. The van der Waals surface area contributed by atoms with Gasteiger partial charge in [0.1, 0.15) is 0 Å². The van der Waals surface area contributed by atoms with Gasteiger partial charge in [-0.1, -0.05) is 12.2 Å². The first kappa shape index (κ1) is 9.99. The van der Waals surface area contributed by atoms with E-state index in [2.05, 4.69) is 4.99 Å². The van der Waals surface area contributed by atoms with Crippen molar-refractivity contribution in [1.82, 2.24) is 4.90 Å². The van der Waals surface area contributed by atoms with E-state index < -0.39 is 0 Å². The average Bonchev–Trinajstić information content (AvgIpc) is 2.03. The highest BCUT2D eigenvalue weighted by Crippen LogP contribution is 2.05. The minimum absolute atomic E-state index is 0.262. The Morgan fingerprint density at radius 3 is 3.15 bits per heavy atom. The molecule has 1 atom stereocenters. The van der Waals surface area contributed by atoms with E-state index in [1.807, 2.05) is 30.3 Å². The molecule has 3 nitrogen and oxygen atoms in total. The van der Waals surface area contributed by atoms with Crippen LogP contribution < -0.4 is 0 Å². The molecule has 0 fully saturated rings. The van der Waals surface area contributed by atoms with E-state index >= 15 is 0 Å². The molecule has 0 aromatic heterocycles. The highest BCUT2D eigenvalue weighted by Gasteiger charge is 2.00. The molecule has 0 radical (unpaired) electrons. The van der Waals surface area contributed by atoms with E-state index in [0.29, 0.717) is 6.42 Å². The molecule has 3 heteroatoms. The lowest BCUT2D eigenvalue weighted by atomic mass is 10.2. The minimum atomic E-state index is -0.262. The fourth-order valence-electron chi connectivity index (χ4n) is 1.12. The van der Waals surface area contributed by atoms with Crippen LogP contribution in [0.3, 0.4) is 0 Å². The van der Waals surface area contributed by atoms with Gasteiger partial charge in [-0.15, -0.1) is 0 Å². The quantitative estimate of drug-likeness (QED) is 0.707. The van der Waals surface area contributed by atoms with Crippen LogP contribution in [0.1, 0.15) is 13.3 Å². The van der Waals surface area contributed by atoms with Gasteiger partial charge in [0.25, 0.3) is 0 Å². The fourth-order valence-corrected chi connectivity index (χ4v) is 1.12. The van der Waals surface area contributed by atoms with Gasteiger partial charge in [0.2, 0.25) is 0 Å². The molecule has 72 valence electrons. The monoisotopic (exact) mass is 180 g/mol. The maximum atomic E-state index is 9.02. The first-order valence-corrected chi connectivity index (χ1v) is 4.45. The third-order valence-corrected chi connectivity index (χ3v) is 1.75. The number of likely N-dealkylation sites (N-methyl/N-ethyl adjacent to an activating group) is 1. The SMILES string of the molecule is CC(O)C/C=C/C1=CN=CN(C)C1. The van der Waals surface area contributed by atoms with Gasteiger partial charge in [-0.3, -0.25) is 0 Å². The van der Waals surface area contributed by atoms with Crippen molar-refractivity contribution in [2.45, 2.75) is 19.4 Å². The Kier molecular flexibility index (Phi) is 3.71. The lowest BCUT2D eigenvalue weighted by Crippen LogP contribution is -2.20. The smallest absolute Gasteiger partial charge is 0.0905 e. The Morgan fingerprint density at radius 2 is 2.54 bits per heavy atom. The number of nitrogens with zero attached hydrogens (tertiary/aromatic N) is 2. The molecule has 1 heterocycles. The fraction of sp³-hybridized carbons (Fsp3) is 0.500. The van der Waals surface area contributed by atoms with Crippen LogP contribution in [0.4, 0.5) is 0 Å². The van der Waals surface area contributed by atoms with Gasteiger partial charge in [-0.2, -0.15) is 0 Å². The maximum absolute atomic E-state index is 9.02. The average molecular weight is 180 g/mol. The van der Waals surface area contributed by atoms with Gasteiger partial charge in [0, 0.05) is 19.8 Å². The van der Waals surface area contributed by atoms with Crippen LogP contribution >= 0.6 is 0 Å². The molecule has 1 rings (SSSR count). The summed E-state index contributed by atoms with van der Waals surface area (Å²) in [4.78, 5) is 6.08. The Morgan fingerprint density at radius 1 is 1.77 bits per heavy atom. The number of aliphatic imine (C=N–C) groups is 1. The van der Waals surface area contributed by atoms with E-state index in [4.69, 9.17) is 5.11 Å². The molecule has 0 amide bonds. The number of hydrogen-bond acceptors (Lipinski definition) is 3. The van der Waals surface area contributed by atoms with Crippen molar-refractivity contribution in [1.29, 1.82) is 0 Å². The molecule has 0 aliphatic carbocycles. The molecule has 0 bridgehead atoms. The molecule has 0 aromatic carbocycles. The lowest BCUT2D eigenvalue weighted by Gasteiger charge is -2.16. The largest absolute Gasteiger partial charge is 0.393 e. The first-order chi connectivity index (χ1) is 6.18. The zero-order valence-electron chi connectivity index (χ0n) is 8.14. The Labute approximate surface area is 79.1 Å². The second kappa shape index (κ2) is 4.82. The van der Waals surface area contributed by atoms with Crippen LogP contribution in [0.5, 0.6) is 0 Å². The van der Waals surface area contributed by atoms with Crippen LogP contribution in [-0.4, -0.2) is 36.0 Å². The predicted octanol–water partition coefficient (Wildman–Crippen LogP) is 1.17. The van der Waals surface area contributed by atoms with Gasteiger partial charge in [0.05, 0.1) is 12.4 Å². The van der Waals surface area contributed by atoms with E-state index in [-0.39, 0.29) is 6.10 Å². The number of rotatable bonds is 3. The number of aliphatic hydroxyl groups is 1. The molecule has 1 aliphatic heterocycles. The Hall–Kier alpha value is -1.09. The van der Waals surface area contributed by atoms with Gasteiger partial charge in [0.15, 0.2) is 0 Å². The van der Waals surface area contributed by atoms with Crippen molar-refractivity contribution in [2.24, 2.45) is 4.99 Å². The van der Waals surface area contributed by atoms with Crippen molar-refractivity contribution in [3.63, 3.8) is 0 Å². The topological polar surface area (TPSA) is 35.8 Å². The van der Waals surface area contributed by atoms with Crippen molar-refractivity contribution in [3.8, 4) is 0 Å². The molecule has 1 aliphatic rings. The van der Waals surface area contributed by atoms with Crippen molar-refractivity contribution >= 4 is 6.34 Å². The maximum Gasteiger partial charge on any atom is 0.0905 e. The van der Waals surface area contributed by atoms with E-state index in [1.165, 1.54) is 5.57 Å².